The third-order valence-electron chi connectivity index (χ3n) is 13.2. The predicted octanol–water partition coefficient (Wildman–Crippen LogP) is 16.3. The molecule has 0 amide bonds. The minimum absolute atomic E-state index is 0.142. The average molecular weight is 784 g/mol. The first-order chi connectivity index (χ1) is 29.7. The molecule has 282 valence electrons. The van der Waals surface area contributed by atoms with Crippen LogP contribution in [-0.2, 0) is 0 Å². The van der Waals surface area contributed by atoms with Crippen LogP contribution in [0.15, 0.2) is 199 Å². The van der Waals surface area contributed by atoms with E-state index < -0.39 is 0 Å². The fraction of sp³-hybridized carbons (Fsp3) is 0.0526. The van der Waals surface area contributed by atoms with Gasteiger partial charge in [0, 0.05) is 64.4 Å². The van der Waals surface area contributed by atoms with Gasteiger partial charge in [0.25, 0.3) is 0 Å². The predicted molar refractivity (Wildman–Crippen MR) is 254 cm³/mol. The number of thiophene rings is 1. The Kier molecular flexibility index (Phi) is 7.25. The monoisotopic (exact) mass is 783 g/mol. The standard InChI is InChI=1S/C57H37NOS/c1-34-48-30-35(36-27-29-42-41-17-7-10-23-51(41)58(52(42)33-36)38-14-3-2-4-15-38)26-28-40(48)39-16-5-6-20-45(39)55(34)37-31-49-44-19-9-12-25-54(44)60-57(49)50(32-37)47-22-13-21-46-43-18-8-11-24-53(43)59-56(46)47/h2-34,55H,1H3. The minimum Gasteiger partial charge on any atom is -0.455 e. The third-order valence-corrected chi connectivity index (χ3v) is 14.4. The molecule has 0 N–H and O–H groups in total. The first kappa shape index (κ1) is 33.7. The van der Waals surface area contributed by atoms with Crippen LogP contribution in [0.3, 0.4) is 0 Å². The molecule has 0 saturated carbocycles. The van der Waals surface area contributed by atoms with E-state index in [1.165, 1.54) is 92.2 Å². The van der Waals surface area contributed by atoms with Gasteiger partial charge in [0.1, 0.15) is 11.2 Å². The van der Waals surface area contributed by atoms with Gasteiger partial charge in [-0.1, -0.05) is 153 Å². The summed E-state index contributed by atoms with van der Waals surface area (Å²) in [5.41, 5.74) is 17.1. The van der Waals surface area contributed by atoms with Gasteiger partial charge in [-0.15, -0.1) is 11.3 Å². The molecule has 3 aromatic heterocycles. The number of nitrogens with zero attached hydrogens (tertiary/aromatic N) is 1. The molecule has 0 aliphatic heterocycles. The van der Waals surface area contributed by atoms with Crippen molar-refractivity contribution >= 4 is 75.3 Å². The van der Waals surface area contributed by atoms with Crippen LogP contribution in [0.1, 0.15) is 35.4 Å². The van der Waals surface area contributed by atoms with Gasteiger partial charge in [0.15, 0.2) is 0 Å². The molecule has 2 atom stereocenters. The maximum absolute atomic E-state index is 6.70. The number of fused-ring (bicyclic) bond motifs is 12. The van der Waals surface area contributed by atoms with Crippen LogP contribution in [-0.4, -0.2) is 4.57 Å². The van der Waals surface area contributed by atoms with Crippen molar-refractivity contribution in [2.24, 2.45) is 0 Å². The quantitative estimate of drug-likeness (QED) is 0.174. The van der Waals surface area contributed by atoms with Gasteiger partial charge in [0.05, 0.1) is 11.0 Å². The van der Waals surface area contributed by atoms with E-state index >= 15 is 0 Å². The molecule has 1 aliphatic rings. The Labute approximate surface area is 351 Å². The van der Waals surface area contributed by atoms with Gasteiger partial charge in [-0.05, 0) is 93.4 Å². The van der Waals surface area contributed by atoms with Crippen molar-refractivity contribution in [2.45, 2.75) is 18.8 Å². The second kappa shape index (κ2) is 12.9. The molecular weight excluding hydrogens is 747 g/mol. The topological polar surface area (TPSA) is 18.1 Å². The molecule has 13 rings (SSSR count). The van der Waals surface area contributed by atoms with E-state index in [4.69, 9.17) is 4.42 Å². The first-order valence-electron chi connectivity index (χ1n) is 20.9. The number of hydrogen-bond donors (Lipinski definition) is 0. The molecule has 60 heavy (non-hydrogen) atoms. The molecule has 1 aliphatic carbocycles. The van der Waals surface area contributed by atoms with Crippen molar-refractivity contribution in [3.05, 3.63) is 211 Å². The van der Waals surface area contributed by atoms with E-state index in [1.54, 1.807) is 0 Å². The van der Waals surface area contributed by atoms with Gasteiger partial charge in [-0.3, -0.25) is 0 Å². The molecule has 3 heterocycles. The summed E-state index contributed by atoms with van der Waals surface area (Å²) >= 11 is 1.89. The van der Waals surface area contributed by atoms with Gasteiger partial charge in [0.2, 0.25) is 0 Å². The molecular formula is C57H37NOS. The van der Waals surface area contributed by atoms with Crippen LogP contribution >= 0.6 is 11.3 Å². The highest BCUT2D eigenvalue weighted by Crippen LogP contribution is 2.53. The number of para-hydroxylation sites is 4. The lowest BCUT2D eigenvalue weighted by Crippen LogP contribution is -2.17. The second-order valence-electron chi connectivity index (χ2n) is 16.4. The summed E-state index contributed by atoms with van der Waals surface area (Å²) in [6.07, 6.45) is 0. The van der Waals surface area contributed by atoms with Gasteiger partial charge >= 0.3 is 0 Å². The summed E-state index contributed by atoms with van der Waals surface area (Å²) in [4.78, 5) is 0. The van der Waals surface area contributed by atoms with Crippen molar-refractivity contribution in [2.75, 3.05) is 0 Å². The number of hydrogen-bond acceptors (Lipinski definition) is 2. The summed E-state index contributed by atoms with van der Waals surface area (Å²) in [6.45, 7) is 2.44. The second-order valence-corrected chi connectivity index (χ2v) is 17.5. The van der Waals surface area contributed by atoms with Gasteiger partial charge < -0.3 is 8.98 Å². The fourth-order valence-corrected chi connectivity index (χ4v) is 11.7. The average Bonchev–Trinajstić information content (AvgIpc) is 3.99. The summed E-state index contributed by atoms with van der Waals surface area (Å²) in [5.74, 6) is 0.357. The lowest BCUT2D eigenvalue weighted by Gasteiger charge is -2.35. The van der Waals surface area contributed by atoms with E-state index in [0.717, 1.165) is 27.5 Å². The van der Waals surface area contributed by atoms with Crippen LogP contribution in [0.2, 0.25) is 0 Å². The van der Waals surface area contributed by atoms with Gasteiger partial charge in [-0.25, -0.2) is 0 Å². The third kappa shape index (κ3) is 4.87. The Bertz CT molecular complexity index is 3700. The lowest BCUT2D eigenvalue weighted by molar-refractivity contribution is 0.650. The molecule has 12 aromatic rings. The molecule has 0 spiro atoms. The van der Waals surface area contributed by atoms with E-state index in [0.29, 0.717) is 0 Å². The molecule has 9 aromatic carbocycles. The van der Waals surface area contributed by atoms with Crippen LogP contribution in [0.25, 0.3) is 103 Å². The smallest absolute Gasteiger partial charge is 0.143 e. The molecule has 3 heteroatoms. The molecule has 0 radical (unpaired) electrons. The van der Waals surface area contributed by atoms with Crippen molar-refractivity contribution in [1.29, 1.82) is 0 Å². The number of benzene rings is 9. The van der Waals surface area contributed by atoms with Crippen molar-refractivity contribution in [3.63, 3.8) is 0 Å². The molecule has 0 saturated heterocycles. The molecule has 0 bridgehead atoms. The Morgan fingerprint density at radius 3 is 2.05 bits per heavy atom. The van der Waals surface area contributed by atoms with Crippen molar-refractivity contribution in [3.8, 4) is 39.1 Å². The largest absolute Gasteiger partial charge is 0.455 e. The normalized spacial score (nSPS) is 15.1. The Morgan fingerprint density at radius 1 is 0.450 bits per heavy atom. The Morgan fingerprint density at radius 2 is 1.13 bits per heavy atom. The van der Waals surface area contributed by atoms with Crippen LogP contribution in [0.5, 0.6) is 0 Å². The van der Waals surface area contributed by atoms with Crippen LogP contribution in [0.4, 0.5) is 0 Å². The van der Waals surface area contributed by atoms with Crippen molar-refractivity contribution in [1.82, 2.24) is 4.57 Å². The zero-order valence-corrected chi connectivity index (χ0v) is 33.7. The number of rotatable bonds is 4. The highest BCUT2D eigenvalue weighted by atomic mass is 32.1. The maximum Gasteiger partial charge on any atom is 0.143 e. The molecule has 2 nitrogen and oxygen atoms in total. The van der Waals surface area contributed by atoms with Crippen molar-refractivity contribution < 1.29 is 4.42 Å². The van der Waals surface area contributed by atoms with E-state index in [1.807, 2.05) is 11.3 Å². The number of furan rings is 1. The van der Waals surface area contributed by atoms with Crippen LogP contribution in [0, 0.1) is 0 Å². The van der Waals surface area contributed by atoms with Gasteiger partial charge in [-0.2, -0.15) is 0 Å². The summed E-state index contributed by atoms with van der Waals surface area (Å²) < 4.78 is 11.7. The highest BCUT2D eigenvalue weighted by Gasteiger charge is 2.33. The van der Waals surface area contributed by atoms with E-state index in [-0.39, 0.29) is 11.8 Å². The number of aromatic nitrogens is 1. The minimum atomic E-state index is 0.142. The highest BCUT2D eigenvalue weighted by molar-refractivity contribution is 7.26. The first-order valence-corrected chi connectivity index (χ1v) is 21.7. The lowest BCUT2D eigenvalue weighted by atomic mass is 9.69. The summed E-state index contributed by atoms with van der Waals surface area (Å²) in [7, 11) is 0. The molecule has 0 fully saturated rings. The zero-order chi connectivity index (χ0) is 39.5. The van der Waals surface area contributed by atoms with Crippen LogP contribution < -0.4 is 0 Å². The zero-order valence-electron chi connectivity index (χ0n) is 32.9. The van der Waals surface area contributed by atoms with E-state index in [9.17, 15) is 0 Å². The summed E-state index contributed by atoms with van der Waals surface area (Å²) in [6, 6.07) is 71.7. The Balaban J connectivity index is 1.01. The fourth-order valence-electron chi connectivity index (χ4n) is 10.5. The Hall–Kier alpha value is -7.20. The molecule has 2 unspecified atom stereocenters. The summed E-state index contributed by atoms with van der Waals surface area (Å²) in [5, 5.41) is 7.46. The maximum atomic E-state index is 6.70. The van der Waals surface area contributed by atoms with E-state index in [2.05, 4.69) is 206 Å². The SMILES string of the molecule is CC1c2cc(-c3ccc4c5ccccc5n(-c5ccccc5)c4c3)ccc2-c2ccccc2C1c1cc(-c2cccc3c2oc2ccccc23)c2sc3ccccc3c2c1.